The average Bonchev–Trinajstić information content (AvgIpc) is 2.76. The van der Waals surface area contributed by atoms with Crippen LogP contribution in [0.1, 0.15) is 16.1 Å². The molecule has 0 fully saturated rings. The van der Waals surface area contributed by atoms with Gasteiger partial charge in [0.05, 0.1) is 12.0 Å². The Morgan fingerprint density at radius 2 is 2.38 bits per heavy atom. The quantitative estimate of drug-likeness (QED) is 0.820. The molecule has 0 spiro atoms. The fourth-order valence-corrected chi connectivity index (χ4v) is 1.33. The van der Waals surface area contributed by atoms with E-state index in [1.807, 2.05) is 6.07 Å². The van der Waals surface area contributed by atoms with Crippen LogP contribution in [-0.2, 0) is 6.54 Å². The number of furan rings is 1. The average molecular weight is 218 g/mol. The summed E-state index contributed by atoms with van der Waals surface area (Å²) in [5, 5.41) is 11.9. The normalized spacial score (nSPS) is 10.0. The van der Waals surface area contributed by atoms with E-state index >= 15 is 0 Å². The smallest absolute Gasteiger partial charge is 0.372 e. The largest absolute Gasteiger partial charge is 0.475 e. The first-order valence-electron chi connectivity index (χ1n) is 4.71. The number of hydrogen-bond donors (Lipinski definition) is 2. The van der Waals surface area contributed by atoms with Crippen molar-refractivity contribution >= 4 is 11.7 Å². The number of aromatic nitrogens is 1. The minimum atomic E-state index is -1.06. The minimum absolute atomic E-state index is 0.0311. The monoisotopic (exact) mass is 218 g/mol. The maximum absolute atomic E-state index is 10.8. The van der Waals surface area contributed by atoms with Gasteiger partial charge in [-0.15, -0.1) is 0 Å². The summed E-state index contributed by atoms with van der Waals surface area (Å²) in [6.45, 7) is 0.393. The molecule has 5 heteroatoms. The molecule has 0 atom stereocenters. The summed E-state index contributed by atoms with van der Waals surface area (Å²) in [6.07, 6.45) is 4.70. The van der Waals surface area contributed by atoms with E-state index in [9.17, 15) is 4.79 Å². The van der Waals surface area contributed by atoms with Crippen molar-refractivity contribution in [1.29, 1.82) is 0 Å². The first kappa shape index (κ1) is 10.2. The van der Waals surface area contributed by atoms with Crippen molar-refractivity contribution < 1.29 is 14.3 Å². The second-order valence-electron chi connectivity index (χ2n) is 3.18. The van der Waals surface area contributed by atoms with E-state index in [0.29, 0.717) is 12.1 Å². The number of pyridine rings is 1. The number of aromatic carboxylic acids is 1. The third-order valence-corrected chi connectivity index (χ3v) is 2.09. The molecule has 16 heavy (non-hydrogen) atoms. The maximum atomic E-state index is 10.8. The molecule has 0 unspecified atom stereocenters. The number of nitrogens with one attached hydrogen (secondary N) is 1. The summed E-state index contributed by atoms with van der Waals surface area (Å²) in [6, 6.07) is 5.29. The zero-order valence-corrected chi connectivity index (χ0v) is 8.38. The van der Waals surface area contributed by atoms with Gasteiger partial charge in [-0.25, -0.2) is 4.79 Å². The molecule has 0 saturated heterocycles. The van der Waals surface area contributed by atoms with Gasteiger partial charge in [0, 0.05) is 24.5 Å². The highest BCUT2D eigenvalue weighted by atomic mass is 16.4. The number of carbonyl (C=O) groups is 1. The molecule has 2 heterocycles. The van der Waals surface area contributed by atoms with Crippen LogP contribution < -0.4 is 5.32 Å². The number of carboxylic acids is 1. The first-order valence-corrected chi connectivity index (χ1v) is 4.71. The molecule has 0 aliphatic carbocycles. The number of rotatable bonds is 4. The van der Waals surface area contributed by atoms with Crippen molar-refractivity contribution in [2.24, 2.45) is 0 Å². The van der Waals surface area contributed by atoms with Crippen LogP contribution >= 0.6 is 0 Å². The fourth-order valence-electron chi connectivity index (χ4n) is 1.33. The molecule has 0 saturated carbocycles. The first-order chi connectivity index (χ1) is 7.77. The summed E-state index contributed by atoms with van der Waals surface area (Å²) < 4.78 is 4.86. The second-order valence-corrected chi connectivity index (χ2v) is 3.18. The Morgan fingerprint density at radius 1 is 1.50 bits per heavy atom. The van der Waals surface area contributed by atoms with Gasteiger partial charge in [-0.3, -0.25) is 4.98 Å². The van der Waals surface area contributed by atoms with E-state index in [-0.39, 0.29) is 5.76 Å². The van der Waals surface area contributed by atoms with Gasteiger partial charge in [0.2, 0.25) is 5.76 Å². The van der Waals surface area contributed by atoms with Gasteiger partial charge in [-0.2, -0.15) is 0 Å². The molecule has 0 bridgehead atoms. The molecule has 2 aromatic rings. The predicted octanol–water partition coefficient (Wildman–Crippen LogP) is 1.98. The molecule has 0 aliphatic heterocycles. The third-order valence-electron chi connectivity index (χ3n) is 2.09. The highest BCUT2D eigenvalue weighted by molar-refractivity contribution is 5.86. The molecular formula is C11H10N2O3. The molecule has 0 amide bonds. The summed E-state index contributed by atoms with van der Waals surface area (Å²) in [5.41, 5.74) is 1.44. The van der Waals surface area contributed by atoms with Crippen molar-refractivity contribution in [2.75, 3.05) is 5.32 Å². The summed E-state index contributed by atoms with van der Waals surface area (Å²) in [5.74, 6) is -1.09. The summed E-state index contributed by atoms with van der Waals surface area (Å²) in [7, 11) is 0. The van der Waals surface area contributed by atoms with E-state index in [4.69, 9.17) is 9.52 Å². The number of anilines is 1. The van der Waals surface area contributed by atoms with Crippen molar-refractivity contribution in [3.8, 4) is 0 Å². The standard InChI is InChI=1S/C11H10N2O3/c14-11(15)10-8(3-5-16-10)6-13-9-2-1-4-12-7-9/h1-5,7,13H,6H2,(H,14,15). The zero-order chi connectivity index (χ0) is 11.4. The minimum Gasteiger partial charge on any atom is -0.475 e. The van der Waals surface area contributed by atoms with Crippen LogP contribution in [0.2, 0.25) is 0 Å². The molecule has 2 aromatic heterocycles. The van der Waals surface area contributed by atoms with E-state index in [1.165, 1.54) is 6.26 Å². The lowest BCUT2D eigenvalue weighted by atomic mass is 10.2. The van der Waals surface area contributed by atoms with Crippen molar-refractivity contribution in [1.82, 2.24) is 4.98 Å². The van der Waals surface area contributed by atoms with Crippen molar-refractivity contribution in [3.63, 3.8) is 0 Å². The molecule has 82 valence electrons. The highest BCUT2D eigenvalue weighted by Gasteiger charge is 2.13. The summed E-state index contributed by atoms with van der Waals surface area (Å²) >= 11 is 0. The van der Waals surface area contributed by atoms with Crippen molar-refractivity contribution in [2.45, 2.75) is 6.54 Å². The fraction of sp³-hybridized carbons (Fsp3) is 0.0909. The molecule has 2 rings (SSSR count). The Balaban J connectivity index is 2.05. The van der Waals surface area contributed by atoms with E-state index in [0.717, 1.165) is 5.69 Å². The van der Waals surface area contributed by atoms with Gasteiger partial charge in [0.15, 0.2) is 0 Å². The molecule has 0 aromatic carbocycles. The lowest BCUT2D eigenvalue weighted by Gasteiger charge is -2.04. The second kappa shape index (κ2) is 4.48. The summed E-state index contributed by atoms with van der Waals surface area (Å²) in [4.78, 5) is 14.7. The van der Waals surface area contributed by atoms with Gasteiger partial charge in [0.25, 0.3) is 0 Å². The van der Waals surface area contributed by atoms with E-state index in [1.54, 1.807) is 24.5 Å². The van der Waals surface area contributed by atoms with Gasteiger partial charge in [0.1, 0.15) is 0 Å². The van der Waals surface area contributed by atoms with Crippen LogP contribution in [0.4, 0.5) is 5.69 Å². The van der Waals surface area contributed by atoms with Crippen molar-refractivity contribution in [3.05, 3.63) is 48.2 Å². The van der Waals surface area contributed by atoms with Crippen LogP contribution in [0.25, 0.3) is 0 Å². The Bertz CT molecular complexity index is 479. The van der Waals surface area contributed by atoms with Gasteiger partial charge in [-0.05, 0) is 18.2 Å². The number of carboxylic acid groups (broad SMARTS) is 1. The zero-order valence-electron chi connectivity index (χ0n) is 8.38. The Labute approximate surface area is 91.7 Å². The molecule has 0 radical (unpaired) electrons. The number of hydrogen-bond acceptors (Lipinski definition) is 4. The SMILES string of the molecule is O=C(O)c1occc1CNc1cccnc1. The highest BCUT2D eigenvalue weighted by Crippen LogP contribution is 2.13. The third kappa shape index (κ3) is 2.20. The topological polar surface area (TPSA) is 75.4 Å². The van der Waals surface area contributed by atoms with Gasteiger partial charge in [-0.1, -0.05) is 0 Å². The van der Waals surface area contributed by atoms with Gasteiger partial charge < -0.3 is 14.8 Å². The Kier molecular flexibility index (Phi) is 2.86. The Morgan fingerprint density at radius 3 is 3.06 bits per heavy atom. The van der Waals surface area contributed by atoms with Crippen LogP contribution in [0.5, 0.6) is 0 Å². The number of nitrogens with zero attached hydrogens (tertiary/aromatic N) is 1. The van der Waals surface area contributed by atoms with Crippen LogP contribution in [-0.4, -0.2) is 16.1 Å². The lowest BCUT2D eigenvalue weighted by molar-refractivity contribution is 0.0661. The molecular weight excluding hydrogens is 208 g/mol. The van der Waals surface area contributed by atoms with Crippen LogP contribution in [0.3, 0.4) is 0 Å². The maximum Gasteiger partial charge on any atom is 0.372 e. The van der Waals surface area contributed by atoms with Crippen LogP contribution in [0.15, 0.2) is 41.3 Å². The predicted molar refractivity (Wildman–Crippen MR) is 57.2 cm³/mol. The van der Waals surface area contributed by atoms with Crippen LogP contribution in [0, 0.1) is 0 Å². The molecule has 5 nitrogen and oxygen atoms in total. The van der Waals surface area contributed by atoms with E-state index < -0.39 is 5.97 Å². The van der Waals surface area contributed by atoms with Gasteiger partial charge >= 0.3 is 5.97 Å². The Hall–Kier alpha value is -2.30. The van der Waals surface area contributed by atoms with E-state index in [2.05, 4.69) is 10.3 Å². The molecule has 2 N–H and O–H groups in total. The molecule has 0 aliphatic rings. The lowest BCUT2D eigenvalue weighted by Crippen LogP contribution is -2.04.